The Morgan fingerprint density at radius 2 is 1.91 bits per heavy atom. The Morgan fingerprint density at radius 1 is 1.09 bits per heavy atom. The number of carbonyl (C=O) groups is 1. The summed E-state index contributed by atoms with van der Waals surface area (Å²) in [5.41, 5.74) is 5.20. The largest absolute Gasteiger partial charge is 0.361 e. The number of nitrogens with one attached hydrogen (secondary N) is 2. The standard InChI is InChI=1S/C26H27N5O2/c1-16-12-20(21-5-2-18-8-10-27-23(18)13-21)6-7-22(16)24-28-29-26(33)31(24)15-17-9-11-30(14-17)25(32)19-3-4-19/h2,5-8,10,12-13,17,19,27H,3-4,9,11,14-15H2,1H3,(H,29,33)/t17-/m1/s1. The number of carbonyl (C=O) groups excluding carboxylic acids is 1. The maximum Gasteiger partial charge on any atom is 0.343 e. The van der Waals surface area contributed by atoms with Crippen molar-refractivity contribution < 1.29 is 4.79 Å². The summed E-state index contributed by atoms with van der Waals surface area (Å²) in [7, 11) is 0. The molecule has 2 N–H and O–H groups in total. The van der Waals surface area contributed by atoms with Crippen LogP contribution in [0.2, 0.25) is 0 Å². The molecule has 168 valence electrons. The molecule has 33 heavy (non-hydrogen) atoms. The zero-order chi connectivity index (χ0) is 22.5. The number of hydrogen-bond donors (Lipinski definition) is 2. The lowest BCUT2D eigenvalue weighted by molar-refractivity contribution is -0.131. The second-order valence-corrected chi connectivity index (χ2v) is 9.49. The maximum absolute atomic E-state index is 12.6. The highest BCUT2D eigenvalue weighted by Crippen LogP contribution is 2.33. The molecule has 1 saturated carbocycles. The Morgan fingerprint density at radius 3 is 2.73 bits per heavy atom. The summed E-state index contributed by atoms with van der Waals surface area (Å²) in [4.78, 5) is 30.2. The zero-order valence-electron chi connectivity index (χ0n) is 18.7. The summed E-state index contributed by atoms with van der Waals surface area (Å²) in [5, 5.41) is 8.18. The van der Waals surface area contributed by atoms with Gasteiger partial charge in [-0.2, -0.15) is 5.10 Å². The third-order valence-corrected chi connectivity index (χ3v) is 7.08. The third-order valence-electron chi connectivity index (χ3n) is 7.08. The lowest BCUT2D eigenvalue weighted by Crippen LogP contribution is -2.31. The predicted molar refractivity (Wildman–Crippen MR) is 128 cm³/mol. The molecule has 0 spiro atoms. The number of nitrogens with zero attached hydrogens (tertiary/aromatic N) is 3. The van der Waals surface area contributed by atoms with E-state index >= 15 is 0 Å². The van der Waals surface area contributed by atoms with E-state index in [2.05, 4.69) is 58.5 Å². The van der Waals surface area contributed by atoms with Gasteiger partial charge in [0.1, 0.15) is 0 Å². The number of benzene rings is 2. The van der Waals surface area contributed by atoms with Crippen molar-refractivity contribution in [1.29, 1.82) is 0 Å². The van der Waals surface area contributed by atoms with Gasteiger partial charge in [-0.3, -0.25) is 9.36 Å². The van der Waals surface area contributed by atoms with Crippen LogP contribution in [0.4, 0.5) is 0 Å². The summed E-state index contributed by atoms with van der Waals surface area (Å²) in [6.07, 6.45) is 4.93. The molecular formula is C26H27N5O2. The van der Waals surface area contributed by atoms with Crippen molar-refractivity contribution in [3.8, 4) is 22.5 Å². The van der Waals surface area contributed by atoms with Crippen LogP contribution in [-0.4, -0.2) is 43.6 Å². The molecule has 3 heterocycles. The summed E-state index contributed by atoms with van der Waals surface area (Å²) < 4.78 is 1.74. The average Bonchev–Trinajstić information content (AvgIpc) is 3.21. The minimum absolute atomic E-state index is 0.197. The Balaban J connectivity index is 1.25. The first-order chi connectivity index (χ1) is 16.1. The Hall–Kier alpha value is -3.61. The van der Waals surface area contributed by atoms with Gasteiger partial charge in [0.15, 0.2) is 5.82 Å². The molecule has 0 bridgehead atoms. The first kappa shape index (κ1) is 20.0. The van der Waals surface area contributed by atoms with Gasteiger partial charge in [-0.1, -0.05) is 30.3 Å². The number of fused-ring (bicyclic) bond motifs is 1. The predicted octanol–water partition coefficient (Wildman–Crippen LogP) is 3.95. The van der Waals surface area contributed by atoms with E-state index in [4.69, 9.17) is 0 Å². The number of aryl methyl sites for hydroxylation is 1. The molecule has 1 atom stereocenters. The van der Waals surface area contributed by atoms with Crippen LogP contribution in [0.5, 0.6) is 0 Å². The molecule has 2 fully saturated rings. The van der Waals surface area contributed by atoms with Crippen molar-refractivity contribution in [2.24, 2.45) is 11.8 Å². The van der Waals surface area contributed by atoms with E-state index in [1.54, 1.807) is 4.57 Å². The number of hydrogen-bond acceptors (Lipinski definition) is 3. The number of aromatic nitrogens is 4. The van der Waals surface area contributed by atoms with E-state index in [9.17, 15) is 9.59 Å². The van der Waals surface area contributed by atoms with Crippen LogP contribution in [-0.2, 0) is 11.3 Å². The third kappa shape index (κ3) is 3.67. The van der Waals surface area contributed by atoms with Crippen molar-refractivity contribution >= 4 is 16.8 Å². The monoisotopic (exact) mass is 441 g/mol. The highest BCUT2D eigenvalue weighted by Gasteiger charge is 2.36. The Labute approximate surface area is 191 Å². The topological polar surface area (TPSA) is 86.8 Å². The highest BCUT2D eigenvalue weighted by atomic mass is 16.2. The smallest absolute Gasteiger partial charge is 0.343 e. The second-order valence-electron chi connectivity index (χ2n) is 9.49. The molecule has 2 aromatic heterocycles. The van der Waals surface area contributed by atoms with Gasteiger partial charge in [0.2, 0.25) is 5.91 Å². The van der Waals surface area contributed by atoms with Crippen molar-refractivity contribution in [2.45, 2.75) is 32.7 Å². The van der Waals surface area contributed by atoms with Crippen molar-refractivity contribution in [1.82, 2.24) is 24.6 Å². The van der Waals surface area contributed by atoms with Gasteiger partial charge in [0.25, 0.3) is 0 Å². The fourth-order valence-corrected chi connectivity index (χ4v) is 5.04. The quantitative estimate of drug-likeness (QED) is 0.492. The Kier molecular flexibility index (Phi) is 4.71. The summed E-state index contributed by atoms with van der Waals surface area (Å²) in [6.45, 7) is 4.15. The number of likely N-dealkylation sites (tertiary alicyclic amines) is 1. The SMILES string of the molecule is Cc1cc(-c2ccc3cc[nH]c3c2)ccc1-c1n[nH]c(=O)n1C[C@@H]1CCN(C(=O)C2CC2)C1. The fraction of sp³-hybridized carbons (Fsp3) is 0.346. The van der Waals surface area contributed by atoms with Gasteiger partial charge >= 0.3 is 5.69 Å². The van der Waals surface area contributed by atoms with E-state index in [-0.39, 0.29) is 17.5 Å². The molecule has 1 aliphatic carbocycles. The van der Waals surface area contributed by atoms with E-state index in [0.717, 1.165) is 60.1 Å². The van der Waals surface area contributed by atoms with Crippen LogP contribution >= 0.6 is 0 Å². The molecule has 4 aromatic rings. The number of H-pyrrole nitrogens is 2. The molecule has 1 saturated heterocycles. The molecular weight excluding hydrogens is 414 g/mol. The Bertz CT molecular complexity index is 1410. The zero-order valence-corrected chi connectivity index (χ0v) is 18.7. The molecule has 2 aliphatic rings. The van der Waals surface area contributed by atoms with Gasteiger partial charge in [0.05, 0.1) is 0 Å². The van der Waals surface area contributed by atoms with Crippen molar-refractivity contribution in [3.05, 3.63) is 64.7 Å². The lowest BCUT2D eigenvalue weighted by atomic mass is 9.98. The number of amides is 1. The number of aromatic amines is 2. The van der Waals surface area contributed by atoms with Gasteiger partial charge in [-0.05, 0) is 66.3 Å². The van der Waals surface area contributed by atoms with Crippen LogP contribution in [0.1, 0.15) is 24.8 Å². The fourth-order valence-electron chi connectivity index (χ4n) is 5.04. The van der Waals surface area contributed by atoms with E-state index in [1.807, 2.05) is 17.2 Å². The molecule has 1 aliphatic heterocycles. The van der Waals surface area contributed by atoms with Gasteiger partial charge in [0, 0.05) is 42.8 Å². The summed E-state index contributed by atoms with van der Waals surface area (Å²) in [5.74, 6) is 1.47. The molecule has 7 nitrogen and oxygen atoms in total. The summed E-state index contributed by atoms with van der Waals surface area (Å²) in [6, 6.07) is 14.8. The molecule has 2 aromatic carbocycles. The van der Waals surface area contributed by atoms with E-state index in [1.165, 1.54) is 5.39 Å². The molecule has 0 unspecified atom stereocenters. The van der Waals surface area contributed by atoms with Crippen molar-refractivity contribution in [2.75, 3.05) is 13.1 Å². The first-order valence-electron chi connectivity index (χ1n) is 11.7. The van der Waals surface area contributed by atoms with E-state index in [0.29, 0.717) is 18.3 Å². The minimum Gasteiger partial charge on any atom is -0.361 e. The minimum atomic E-state index is -0.197. The molecule has 0 radical (unpaired) electrons. The first-order valence-corrected chi connectivity index (χ1v) is 11.7. The van der Waals surface area contributed by atoms with Crippen LogP contribution in [0, 0.1) is 18.8 Å². The van der Waals surface area contributed by atoms with Crippen LogP contribution in [0.3, 0.4) is 0 Å². The van der Waals surface area contributed by atoms with E-state index < -0.39 is 0 Å². The average molecular weight is 442 g/mol. The highest BCUT2D eigenvalue weighted by molar-refractivity contribution is 5.85. The molecule has 7 heteroatoms. The van der Waals surface area contributed by atoms with Gasteiger partial charge in [-0.25, -0.2) is 9.89 Å². The normalized spacial score (nSPS) is 18.3. The van der Waals surface area contributed by atoms with Gasteiger partial charge < -0.3 is 9.88 Å². The maximum atomic E-state index is 12.6. The van der Waals surface area contributed by atoms with Crippen LogP contribution in [0.15, 0.2) is 53.5 Å². The second kappa shape index (κ2) is 7.76. The lowest BCUT2D eigenvalue weighted by Gasteiger charge is -2.17. The van der Waals surface area contributed by atoms with Crippen molar-refractivity contribution in [3.63, 3.8) is 0 Å². The molecule has 1 amide bonds. The van der Waals surface area contributed by atoms with Crippen LogP contribution in [0.25, 0.3) is 33.4 Å². The summed E-state index contributed by atoms with van der Waals surface area (Å²) >= 11 is 0. The van der Waals surface area contributed by atoms with Crippen LogP contribution < -0.4 is 5.69 Å². The number of rotatable bonds is 5. The van der Waals surface area contributed by atoms with Gasteiger partial charge in [-0.15, -0.1) is 0 Å². The molecule has 6 rings (SSSR count).